The molecule has 0 aliphatic heterocycles. The van der Waals surface area contributed by atoms with Gasteiger partial charge in [-0.3, -0.25) is 0 Å². The van der Waals surface area contributed by atoms with E-state index in [9.17, 15) is 0 Å². The Morgan fingerprint density at radius 2 is 1.96 bits per heavy atom. The molecule has 0 atom stereocenters. The molecule has 0 amide bonds. The highest BCUT2D eigenvalue weighted by molar-refractivity contribution is 5.75. The molecular weight excluding hydrogens is 302 g/mol. The van der Waals surface area contributed by atoms with Crippen molar-refractivity contribution in [2.24, 2.45) is 0 Å². The molecular formula is C18H23N5O. The fourth-order valence-electron chi connectivity index (χ4n) is 2.88. The third-order valence-corrected chi connectivity index (χ3v) is 4.22. The predicted octanol–water partition coefficient (Wildman–Crippen LogP) is 3.92. The van der Waals surface area contributed by atoms with Crippen LogP contribution in [0.4, 0.5) is 11.6 Å². The van der Waals surface area contributed by atoms with Crippen LogP contribution in [0.15, 0.2) is 36.8 Å². The average Bonchev–Trinajstić information content (AvgIpc) is 3.01. The van der Waals surface area contributed by atoms with Gasteiger partial charge in [0.25, 0.3) is 0 Å². The number of methoxy groups -OCH3 is 1. The molecule has 3 heterocycles. The number of hydrogen-bond donors (Lipinski definition) is 1. The standard InChI is InChI=1S/C18H23N5O/c1-4-13(5-2)14-10-19-18(20-11-14)21-16-7-6-8-23-17(16)9-15(22-23)12-24-3/h6-11,13H,4-5,12H2,1-3H3,(H,19,20,21). The fourth-order valence-corrected chi connectivity index (χ4v) is 2.88. The summed E-state index contributed by atoms with van der Waals surface area (Å²) < 4.78 is 6.98. The van der Waals surface area contributed by atoms with Gasteiger partial charge < -0.3 is 10.1 Å². The number of ether oxygens (including phenoxy) is 1. The van der Waals surface area contributed by atoms with E-state index in [4.69, 9.17) is 4.74 Å². The Hall–Kier alpha value is -2.47. The lowest BCUT2D eigenvalue weighted by Crippen LogP contribution is -2.02. The third-order valence-electron chi connectivity index (χ3n) is 4.22. The lowest BCUT2D eigenvalue weighted by Gasteiger charge is -2.12. The second-order valence-electron chi connectivity index (χ2n) is 5.80. The summed E-state index contributed by atoms with van der Waals surface area (Å²) in [7, 11) is 1.67. The van der Waals surface area contributed by atoms with Crippen molar-refractivity contribution in [3.63, 3.8) is 0 Å². The second-order valence-corrected chi connectivity index (χ2v) is 5.80. The topological polar surface area (TPSA) is 64.3 Å². The normalized spacial score (nSPS) is 11.3. The summed E-state index contributed by atoms with van der Waals surface area (Å²) in [4.78, 5) is 8.93. The summed E-state index contributed by atoms with van der Waals surface area (Å²) in [5.74, 6) is 1.11. The van der Waals surface area contributed by atoms with Gasteiger partial charge in [-0.05, 0) is 42.5 Å². The monoisotopic (exact) mass is 325 g/mol. The summed E-state index contributed by atoms with van der Waals surface area (Å²) in [6.07, 6.45) is 7.95. The van der Waals surface area contributed by atoms with Crippen molar-refractivity contribution in [2.45, 2.75) is 39.2 Å². The molecule has 3 rings (SSSR count). The minimum absolute atomic E-state index is 0.488. The molecule has 0 radical (unpaired) electrons. The number of rotatable bonds is 7. The summed E-state index contributed by atoms with van der Waals surface area (Å²) >= 11 is 0. The maximum absolute atomic E-state index is 5.15. The van der Waals surface area contributed by atoms with E-state index in [0.29, 0.717) is 18.5 Å². The highest BCUT2D eigenvalue weighted by Crippen LogP contribution is 2.24. The SMILES string of the molecule is CCC(CC)c1cnc(Nc2cccn3nc(COC)cc23)nc1. The number of pyridine rings is 1. The maximum atomic E-state index is 5.15. The Bertz CT molecular complexity index is 793. The van der Waals surface area contributed by atoms with Crippen LogP contribution >= 0.6 is 0 Å². The zero-order chi connectivity index (χ0) is 16.9. The third kappa shape index (κ3) is 3.38. The van der Waals surface area contributed by atoms with E-state index in [1.165, 1.54) is 5.56 Å². The Morgan fingerprint density at radius 3 is 2.62 bits per heavy atom. The summed E-state index contributed by atoms with van der Waals surface area (Å²) in [6.45, 7) is 4.87. The van der Waals surface area contributed by atoms with Gasteiger partial charge in [-0.25, -0.2) is 14.5 Å². The van der Waals surface area contributed by atoms with Crippen molar-refractivity contribution in [3.8, 4) is 0 Å². The molecule has 0 fully saturated rings. The first-order valence-electron chi connectivity index (χ1n) is 8.30. The summed E-state index contributed by atoms with van der Waals surface area (Å²) in [5, 5.41) is 7.76. The van der Waals surface area contributed by atoms with Crippen molar-refractivity contribution in [2.75, 3.05) is 12.4 Å². The van der Waals surface area contributed by atoms with Crippen LogP contribution in [0.3, 0.4) is 0 Å². The van der Waals surface area contributed by atoms with Crippen LogP contribution in [-0.4, -0.2) is 26.7 Å². The Balaban J connectivity index is 1.84. The van der Waals surface area contributed by atoms with Gasteiger partial charge in [0.1, 0.15) is 0 Å². The van der Waals surface area contributed by atoms with Crippen LogP contribution < -0.4 is 5.32 Å². The minimum Gasteiger partial charge on any atom is -0.378 e. The number of anilines is 2. The molecule has 3 aromatic heterocycles. The van der Waals surface area contributed by atoms with Gasteiger partial charge in [0.15, 0.2) is 0 Å². The van der Waals surface area contributed by atoms with E-state index in [-0.39, 0.29) is 0 Å². The van der Waals surface area contributed by atoms with Crippen LogP contribution in [-0.2, 0) is 11.3 Å². The Kier molecular flexibility index (Phi) is 5.05. The van der Waals surface area contributed by atoms with Crippen LogP contribution in [0.25, 0.3) is 5.52 Å². The first-order valence-corrected chi connectivity index (χ1v) is 8.30. The lowest BCUT2D eigenvalue weighted by atomic mass is 9.97. The average molecular weight is 325 g/mol. The Labute approximate surface area is 141 Å². The highest BCUT2D eigenvalue weighted by atomic mass is 16.5. The fraction of sp³-hybridized carbons (Fsp3) is 0.389. The van der Waals surface area contributed by atoms with E-state index in [1.807, 2.05) is 41.3 Å². The van der Waals surface area contributed by atoms with Crippen molar-refractivity contribution < 1.29 is 4.74 Å². The predicted molar refractivity (Wildman–Crippen MR) is 94.5 cm³/mol. The van der Waals surface area contributed by atoms with Crippen molar-refractivity contribution >= 4 is 17.2 Å². The van der Waals surface area contributed by atoms with Gasteiger partial charge in [-0.2, -0.15) is 5.10 Å². The maximum Gasteiger partial charge on any atom is 0.227 e. The van der Waals surface area contributed by atoms with Gasteiger partial charge in [0.05, 0.1) is 23.5 Å². The molecule has 0 saturated carbocycles. The van der Waals surface area contributed by atoms with E-state index in [1.54, 1.807) is 7.11 Å². The molecule has 0 bridgehead atoms. The zero-order valence-electron chi connectivity index (χ0n) is 14.4. The first-order chi connectivity index (χ1) is 11.7. The number of aromatic nitrogens is 4. The minimum atomic E-state index is 0.488. The second kappa shape index (κ2) is 7.40. The van der Waals surface area contributed by atoms with E-state index < -0.39 is 0 Å². The van der Waals surface area contributed by atoms with E-state index >= 15 is 0 Å². The molecule has 3 aromatic rings. The van der Waals surface area contributed by atoms with Crippen molar-refractivity contribution in [3.05, 3.63) is 48.0 Å². The smallest absolute Gasteiger partial charge is 0.227 e. The van der Waals surface area contributed by atoms with Crippen molar-refractivity contribution in [1.82, 2.24) is 19.6 Å². The molecule has 6 nitrogen and oxygen atoms in total. The van der Waals surface area contributed by atoms with E-state index in [0.717, 1.165) is 29.7 Å². The molecule has 0 aliphatic carbocycles. The van der Waals surface area contributed by atoms with Crippen LogP contribution in [0.1, 0.15) is 43.9 Å². The number of fused-ring (bicyclic) bond motifs is 1. The van der Waals surface area contributed by atoms with Crippen LogP contribution in [0, 0.1) is 0 Å². The Morgan fingerprint density at radius 1 is 1.21 bits per heavy atom. The van der Waals surface area contributed by atoms with Gasteiger partial charge in [0.2, 0.25) is 5.95 Å². The molecule has 126 valence electrons. The molecule has 0 aliphatic rings. The van der Waals surface area contributed by atoms with Gasteiger partial charge in [0, 0.05) is 25.7 Å². The molecule has 24 heavy (non-hydrogen) atoms. The first kappa shape index (κ1) is 16.4. The van der Waals surface area contributed by atoms with Crippen LogP contribution in [0.2, 0.25) is 0 Å². The molecule has 0 aromatic carbocycles. The molecule has 1 N–H and O–H groups in total. The number of hydrogen-bond acceptors (Lipinski definition) is 5. The quantitative estimate of drug-likeness (QED) is 0.713. The van der Waals surface area contributed by atoms with E-state index in [2.05, 4.69) is 34.2 Å². The van der Waals surface area contributed by atoms with Crippen molar-refractivity contribution in [1.29, 1.82) is 0 Å². The zero-order valence-corrected chi connectivity index (χ0v) is 14.4. The number of nitrogens with one attached hydrogen (secondary N) is 1. The molecule has 0 unspecified atom stereocenters. The molecule has 6 heteroatoms. The van der Waals surface area contributed by atoms with Crippen LogP contribution in [0.5, 0.6) is 0 Å². The summed E-state index contributed by atoms with van der Waals surface area (Å²) in [5.41, 5.74) is 3.96. The van der Waals surface area contributed by atoms with Gasteiger partial charge in [-0.15, -0.1) is 0 Å². The summed E-state index contributed by atoms with van der Waals surface area (Å²) in [6, 6.07) is 5.94. The molecule has 0 saturated heterocycles. The number of nitrogens with zero attached hydrogens (tertiary/aromatic N) is 4. The van der Waals surface area contributed by atoms with Gasteiger partial charge in [-0.1, -0.05) is 13.8 Å². The highest BCUT2D eigenvalue weighted by Gasteiger charge is 2.10. The molecule has 0 spiro atoms. The van der Waals surface area contributed by atoms with Gasteiger partial charge >= 0.3 is 0 Å². The largest absolute Gasteiger partial charge is 0.378 e. The lowest BCUT2D eigenvalue weighted by molar-refractivity contribution is 0.181.